The van der Waals surface area contributed by atoms with Crippen LogP contribution in [-0.2, 0) is 10.0 Å². The summed E-state index contributed by atoms with van der Waals surface area (Å²) in [7, 11) is -3.85. The Morgan fingerprint density at radius 1 is 0.905 bits per heavy atom. The van der Waals surface area contributed by atoms with Gasteiger partial charge in [-0.1, -0.05) is 24.3 Å². The van der Waals surface area contributed by atoms with Crippen LogP contribution in [0.4, 0.5) is 0 Å². The van der Waals surface area contributed by atoms with E-state index in [0.717, 1.165) is 10.9 Å². The second-order valence-corrected chi connectivity index (χ2v) is 5.95. The SMILES string of the molecule is NS(=O)(=O)c1ccccc1Oc1ccnc2ccccc12. The van der Waals surface area contributed by atoms with Gasteiger partial charge in [-0.2, -0.15) is 0 Å². The Bertz CT molecular complexity index is 902. The molecule has 0 aliphatic carbocycles. The molecule has 0 atom stereocenters. The Morgan fingerprint density at radius 2 is 1.62 bits per heavy atom. The summed E-state index contributed by atoms with van der Waals surface area (Å²) in [6.07, 6.45) is 1.61. The van der Waals surface area contributed by atoms with Crippen molar-refractivity contribution in [2.24, 2.45) is 5.14 Å². The van der Waals surface area contributed by atoms with E-state index in [9.17, 15) is 8.42 Å². The van der Waals surface area contributed by atoms with E-state index in [0.29, 0.717) is 5.75 Å². The molecule has 0 saturated carbocycles. The lowest BCUT2D eigenvalue weighted by molar-refractivity contribution is 0.472. The smallest absolute Gasteiger partial charge is 0.241 e. The summed E-state index contributed by atoms with van der Waals surface area (Å²) in [4.78, 5) is 4.18. The van der Waals surface area contributed by atoms with Crippen LogP contribution in [0.15, 0.2) is 65.7 Å². The molecule has 1 heterocycles. The maximum atomic E-state index is 11.6. The molecule has 0 saturated heterocycles. The summed E-state index contributed by atoms with van der Waals surface area (Å²) in [6, 6.07) is 15.4. The number of nitrogens with zero attached hydrogens (tertiary/aromatic N) is 1. The molecular formula is C15H12N2O3S. The van der Waals surface area contributed by atoms with Gasteiger partial charge in [-0.15, -0.1) is 0 Å². The van der Waals surface area contributed by atoms with Gasteiger partial charge in [0.05, 0.1) is 5.52 Å². The first-order valence-electron chi connectivity index (χ1n) is 6.19. The number of ether oxygens (including phenoxy) is 1. The minimum Gasteiger partial charge on any atom is -0.455 e. The lowest BCUT2D eigenvalue weighted by atomic mass is 10.2. The first-order valence-corrected chi connectivity index (χ1v) is 7.74. The molecule has 3 aromatic rings. The highest BCUT2D eigenvalue weighted by atomic mass is 32.2. The molecular weight excluding hydrogens is 288 g/mol. The van der Waals surface area contributed by atoms with Crippen LogP contribution in [0.5, 0.6) is 11.5 Å². The van der Waals surface area contributed by atoms with Crippen LogP contribution in [0.2, 0.25) is 0 Å². The first-order chi connectivity index (χ1) is 10.1. The summed E-state index contributed by atoms with van der Waals surface area (Å²) >= 11 is 0. The highest BCUT2D eigenvalue weighted by Gasteiger charge is 2.15. The van der Waals surface area contributed by atoms with Gasteiger partial charge in [0.2, 0.25) is 10.0 Å². The predicted octanol–water partition coefficient (Wildman–Crippen LogP) is 2.67. The monoisotopic (exact) mass is 300 g/mol. The van der Waals surface area contributed by atoms with E-state index in [1.54, 1.807) is 30.5 Å². The van der Waals surface area contributed by atoms with Crippen molar-refractivity contribution < 1.29 is 13.2 Å². The molecule has 0 spiro atoms. The van der Waals surface area contributed by atoms with Crippen molar-refractivity contribution in [2.75, 3.05) is 0 Å². The van der Waals surface area contributed by atoms with Gasteiger partial charge in [0.15, 0.2) is 0 Å². The summed E-state index contributed by atoms with van der Waals surface area (Å²) in [5.74, 6) is 0.716. The Balaban J connectivity index is 2.12. The van der Waals surface area contributed by atoms with Crippen molar-refractivity contribution in [1.29, 1.82) is 0 Å². The lowest BCUT2D eigenvalue weighted by Gasteiger charge is -2.11. The molecule has 5 nitrogen and oxygen atoms in total. The van der Waals surface area contributed by atoms with Gasteiger partial charge in [-0.25, -0.2) is 13.6 Å². The molecule has 0 radical (unpaired) electrons. The fourth-order valence-electron chi connectivity index (χ4n) is 2.05. The largest absolute Gasteiger partial charge is 0.455 e. The number of sulfonamides is 1. The van der Waals surface area contributed by atoms with Crippen LogP contribution < -0.4 is 9.88 Å². The zero-order valence-electron chi connectivity index (χ0n) is 10.9. The van der Waals surface area contributed by atoms with Crippen molar-refractivity contribution in [1.82, 2.24) is 4.98 Å². The van der Waals surface area contributed by atoms with Crippen molar-refractivity contribution in [2.45, 2.75) is 4.90 Å². The van der Waals surface area contributed by atoms with Gasteiger partial charge in [-0.3, -0.25) is 4.98 Å². The minimum absolute atomic E-state index is 0.0501. The number of primary sulfonamides is 1. The molecule has 1 aromatic heterocycles. The second-order valence-electron chi connectivity index (χ2n) is 4.42. The molecule has 2 N–H and O–H groups in total. The number of benzene rings is 2. The van der Waals surface area contributed by atoms with Gasteiger partial charge in [0.25, 0.3) is 0 Å². The molecule has 21 heavy (non-hydrogen) atoms. The summed E-state index contributed by atoms with van der Waals surface area (Å²) in [5.41, 5.74) is 0.767. The molecule has 6 heteroatoms. The van der Waals surface area contributed by atoms with Crippen LogP contribution in [0.1, 0.15) is 0 Å². The van der Waals surface area contributed by atoms with Gasteiger partial charge in [-0.05, 0) is 30.3 Å². The topological polar surface area (TPSA) is 82.3 Å². The number of pyridine rings is 1. The van der Waals surface area contributed by atoms with Crippen LogP contribution >= 0.6 is 0 Å². The zero-order chi connectivity index (χ0) is 14.9. The molecule has 0 amide bonds. The van der Waals surface area contributed by atoms with E-state index < -0.39 is 10.0 Å². The number of fused-ring (bicyclic) bond motifs is 1. The number of rotatable bonds is 3. The van der Waals surface area contributed by atoms with Crippen molar-refractivity contribution in [3.8, 4) is 11.5 Å². The summed E-state index contributed by atoms with van der Waals surface area (Å²) in [6.45, 7) is 0. The third-order valence-electron chi connectivity index (χ3n) is 2.98. The highest BCUT2D eigenvalue weighted by Crippen LogP contribution is 2.31. The molecule has 0 aliphatic rings. The number of hydrogen-bond acceptors (Lipinski definition) is 4. The Kier molecular flexibility index (Phi) is 3.32. The van der Waals surface area contributed by atoms with Crippen molar-refractivity contribution >= 4 is 20.9 Å². The van der Waals surface area contributed by atoms with Crippen molar-refractivity contribution in [3.63, 3.8) is 0 Å². The van der Waals surface area contributed by atoms with Gasteiger partial charge < -0.3 is 4.74 Å². The van der Waals surface area contributed by atoms with Crippen molar-refractivity contribution in [3.05, 3.63) is 60.8 Å². The van der Waals surface area contributed by atoms with Gasteiger partial charge in [0.1, 0.15) is 16.4 Å². The first kappa shape index (κ1) is 13.5. The number of aromatic nitrogens is 1. The highest BCUT2D eigenvalue weighted by molar-refractivity contribution is 7.89. The average molecular weight is 300 g/mol. The van der Waals surface area contributed by atoms with E-state index in [1.165, 1.54) is 6.07 Å². The standard InChI is InChI=1S/C15H12N2O3S/c16-21(18,19)15-8-4-3-7-14(15)20-13-9-10-17-12-6-2-1-5-11(12)13/h1-10H,(H2,16,18,19). The number of nitrogens with two attached hydrogens (primary N) is 1. The van der Waals surface area contributed by atoms with E-state index >= 15 is 0 Å². The normalized spacial score (nSPS) is 11.5. The van der Waals surface area contributed by atoms with E-state index in [-0.39, 0.29) is 10.6 Å². The Labute approximate surface area is 122 Å². The fraction of sp³-hybridized carbons (Fsp3) is 0. The van der Waals surface area contributed by atoms with Crippen LogP contribution in [0, 0.1) is 0 Å². The number of hydrogen-bond donors (Lipinski definition) is 1. The molecule has 0 unspecified atom stereocenters. The van der Waals surface area contributed by atoms with Crippen LogP contribution in [0.25, 0.3) is 10.9 Å². The fourth-order valence-corrected chi connectivity index (χ4v) is 2.70. The molecule has 106 valence electrons. The van der Waals surface area contributed by atoms with E-state index in [2.05, 4.69) is 4.98 Å². The maximum absolute atomic E-state index is 11.6. The van der Waals surface area contributed by atoms with E-state index in [4.69, 9.17) is 9.88 Å². The third-order valence-corrected chi connectivity index (χ3v) is 3.93. The van der Waals surface area contributed by atoms with Crippen LogP contribution in [0.3, 0.4) is 0 Å². The average Bonchev–Trinajstić information content (AvgIpc) is 2.47. The van der Waals surface area contributed by atoms with Gasteiger partial charge >= 0.3 is 0 Å². The molecule has 2 aromatic carbocycles. The predicted molar refractivity (Wildman–Crippen MR) is 79.6 cm³/mol. The molecule has 0 fully saturated rings. The Morgan fingerprint density at radius 3 is 2.43 bits per heavy atom. The van der Waals surface area contributed by atoms with Crippen LogP contribution in [-0.4, -0.2) is 13.4 Å². The summed E-state index contributed by atoms with van der Waals surface area (Å²) < 4.78 is 28.9. The third kappa shape index (κ3) is 2.72. The quantitative estimate of drug-likeness (QED) is 0.806. The second kappa shape index (κ2) is 5.16. The molecule has 3 rings (SSSR count). The van der Waals surface area contributed by atoms with E-state index in [1.807, 2.05) is 24.3 Å². The Hall–Kier alpha value is -2.44. The number of para-hydroxylation sites is 2. The molecule has 0 bridgehead atoms. The van der Waals surface area contributed by atoms with Gasteiger partial charge in [0, 0.05) is 11.6 Å². The maximum Gasteiger partial charge on any atom is 0.241 e. The molecule has 0 aliphatic heterocycles. The lowest BCUT2D eigenvalue weighted by Crippen LogP contribution is -2.13. The zero-order valence-corrected chi connectivity index (χ0v) is 11.7. The summed E-state index contributed by atoms with van der Waals surface area (Å²) in [5, 5.41) is 6.00. The minimum atomic E-state index is -3.85.